The fourth-order valence-electron chi connectivity index (χ4n) is 0.633. The van der Waals surface area contributed by atoms with Gasteiger partial charge in [0, 0.05) is 7.05 Å². The molecule has 8 heteroatoms. The lowest BCUT2D eigenvalue weighted by Crippen LogP contribution is -2.30. The molecule has 1 aromatic rings. The van der Waals surface area contributed by atoms with E-state index in [0.717, 1.165) is 0 Å². The Kier molecular flexibility index (Phi) is 3.04. The van der Waals surface area contributed by atoms with Crippen molar-refractivity contribution >= 4 is 17.7 Å². The lowest BCUT2D eigenvalue weighted by molar-refractivity contribution is -0.161. The summed E-state index contributed by atoms with van der Waals surface area (Å²) in [5, 5.41) is 12.0. The van der Waals surface area contributed by atoms with Gasteiger partial charge in [0.15, 0.2) is 5.16 Å². The second-order valence-electron chi connectivity index (χ2n) is 2.46. The van der Waals surface area contributed by atoms with Gasteiger partial charge < -0.3 is 5.11 Å². The first-order valence-electron chi connectivity index (χ1n) is 3.51. The third-order valence-corrected chi connectivity index (χ3v) is 2.50. The van der Waals surface area contributed by atoms with Crippen molar-refractivity contribution in [3.8, 4) is 0 Å². The molecule has 0 saturated carbocycles. The molecule has 0 fully saturated rings. The SMILES string of the molecule is Cn1ncnc1SCC(F)(F)C(=O)O. The maximum atomic E-state index is 12.6. The number of hydrogen-bond donors (Lipinski definition) is 1. The lowest BCUT2D eigenvalue weighted by Gasteiger charge is -2.09. The van der Waals surface area contributed by atoms with Gasteiger partial charge in [-0.25, -0.2) is 14.5 Å². The standard InChI is InChI=1S/C6H7F2N3O2S/c1-11-5(9-3-10-11)14-2-6(7,8)4(12)13/h3H,2H2,1H3,(H,12,13). The highest BCUT2D eigenvalue weighted by Crippen LogP contribution is 2.24. The van der Waals surface area contributed by atoms with Crippen LogP contribution < -0.4 is 0 Å². The van der Waals surface area contributed by atoms with E-state index < -0.39 is 17.6 Å². The minimum Gasteiger partial charge on any atom is -0.477 e. The Labute approximate surface area is 82.1 Å². The number of thioether (sulfide) groups is 1. The number of carboxylic acids is 1. The van der Waals surface area contributed by atoms with Crippen LogP contribution in [0.15, 0.2) is 11.5 Å². The quantitative estimate of drug-likeness (QED) is 0.758. The summed E-state index contributed by atoms with van der Waals surface area (Å²) >= 11 is 0.647. The van der Waals surface area contributed by atoms with Crippen molar-refractivity contribution in [2.45, 2.75) is 11.1 Å². The molecule has 0 amide bonds. The number of alkyl halides is 2. The van der Waals surface area contributed by atoms with Gasteiger partial charge in [0.2, 0.25) is 0 Å². The maximum absolute atomic E-state index is 12.6. The number of nitrogens with zero attached hydrogens (tertiary/aromatic N) is 3. The second kappa shape index (κ2) is 3.91. The van der Waals surface area contributed by atoms with Gasteiger partial charge in [-0.15, -0.1) is 0 Å². The van der Waals surface area contributed by atoms with Gasteiger partial charge in [-0.05, 0) is 0 Å². The average Bonchev–Trinajstić information content (AvgIpc) is 2.47. The Morgan fingerprint density at radius 2 is 2.43 bits per heavy atom. The molecule has 1 heterocycles. The molecule has 1 rings (SSSR count). The summed E-state index contributed by atoms with van der Waals surface area (Å²) in [7, 11) is 1.54. The summed E-state index contributed by atoms with van der Waals surface area (Å²) in [5.74, 6) is -6.72. The van der Waals surface area contributed by atoms with Gasteiger partial charge in [-0.1, -0.05) is 11.8 Å². The van der Waals surface area contributed by atoms with E-state index in [4.69, 9.17) is 5.11 Å². The zero-order chi connectivity index (χ0) is 10.8. The summed E-state index contributed by atoms with van der Waals surface area (Å²) in [5.41, 5.74) is 0. The third kappa shape index (κ3) is 2.41. The molecule has 1 N–H and O–H groups in total. The Balaban J connectivity index is 2.57. The Morgan fingerprint density at radius 1 is 1.79 bits per heavy atom. The number of carboxylic acid groups (broad SMARTS) is 1. The predicted molar refractivity (Wildman–Crippen MR) is 44.3 cm³/mol. The van der Waals surface area contributed by atoms with E-state index in [1.807, 2.05) is 0 Å². The topological polar surface area (TPSA) is 68.0 Å². The maximum Gasteiger partial charge on any atom is 0.375 e. The van der Waals surface area contributed by atoms with Gasteiger partial charge in [-0.3, -0.25) is 0 Å². The van der Waals surface area contributed by atoms with Crippen LogP contribution in [0.1, 0.15) is 0 Å². The monoisotopic (exact) mass is 223 g/mol. The minimum atomic E-state index is -3.74. The molecular weight excluding hydrogens is 216 g/mol. The van der Waals surface area contributed by atoms with E-state index in [1.54, 1.807) is 0 Å². The van der Waals surface area contributed by atoms with Crippen molar-refractivity contribution in [1.82, 2.24) is 14.8 Å². The van der Waals surface area contributed by atoms with Crippen LogP contribution in [0.5, 0.6) is 0 Å². The number of aromatic nitrogens is 3. The van der Waals surface area contributed by atoms with E-state index in [1.165, 1.54) is 18.1 Å². The average molecular weight is 223 g/mol. The first kappa shape index (κ1) is 10.9. The highest BCUT2D eigenvalue weighted by atomic mass is 32.2. The number of rotatable bonds is 4. The summed E-state index contributed by atoms with van der Waals surface area (Å²) in [6.07, 6.45) is 1.21. The van der Waals surface area contributed by atoms with Gasteiger partial charge >= 0.3 is 11.9 Å². The molecule has 0 aliphatic heterocycles. The van der Waals surface area contributed by atoms with Crippen LogP contribution in [0.3, 0.4) is 0 Å². The normalized spacial score (nSPS) is 11.6. The Bertz CT molecular complexity index is 342. The molecule has 0 atom stereocenters. The fourth-order valence-corrected chi connectivity index (χ4v) is 1.42. The van der Waals surface area contributed by atoms with Crippen LogP contribution in [0, 0.1) is 0 Å². The van der Waals surface area contributed by atoms with Crippen LogP contribution in [0.25, 0.3) is 0 Å². The van der Waals surface area contributed by atoms with E-state index in [0.29, 0.717) is 11.8 Å². The smallest absolute Gasteiger partial charge is 0.375 e. The summed E-state index contributed by atoms with van der Waals surface area (Å²) < 4.78 is 26.5. The molecule has 0 spiro atoms. The highest BCUT2D eigenvalue weighted by molar-refractivity contribution is 7.99. The number of aryl methyl sites for hydroxylation is 1. The van der Waals surface area contributed by atoms with Gasteiger partial charge in [0.05, 0.1) is 5.75 Å². The molecule has 0 unspecified atom stereocenters. The van der Waals surface area contributed by atoms with Crippen LogP contribution in [0.2, 0.25) is 0 Å². The molecule has 0 saturated heterocycles. The zero-order valence-corrected chi connectivity index (χ0v) is 7.96. The molecule has 0 aliphatic rings. The number of aliphatic carboxylic acids is 1. The van der Waals surface area contributed by atoms with Crippen LogP contribution >= 0.6 is 11.8 Å². The largest absolute Gasteiger partial charge is 0.477 e. The van der Waals surface area contributed by atoms with Crippen molar-refractivity contribution in [3.05, 3.63) is 6.33 Å². The first-order chi connectivity index (χ1) is 6.43. The predicted octanol–water partition coefficient (Wildman–Crippen LogP) is 0.627. The summed E-state index contributed by atoms with van der Waals surface area (Å²) in [4.78, 5) is 13.7. The number of hydrogen-bond acceptors (Lipinski definition) is 4. The highest BCUT2D eigenvalue weighted by Gasteiger charge is 2.39. The molecule has 0 radical (unpaired) electrons. The van der Waals surface area contributed by atoms with E-state index >= 15 is 0 Å². The van der Waals surface area contributed by atoms with E-state index in [2.05, 4.69) is 10.1 Å². The molecule has 5 nitrogen and oxygen atoms in total. The second-order valence-corrected chi connectivity index (χ2v) is 3.41. The van der Waals surface area contributed by atoms with Gasteiger partial charge in [0.25, 0.3) is 0 Å². The van der Waals surface area contributed by atoms with E-state index in [9.17, 15) is 13.6 Å². The minimum absolute atomic E-state index is 0.255. The van der Waals surface area contributed by atoms with Gasteiger partial charge in [0.1, 0.15) is 6.33 Å². The third-order valence-electron chi connectivity index (χ3n) is 1.37. The van der Waals surface area contributed by atoms with Gasteiger partial charge in [-0.2, -0.15) is 13.9 Å². The Morgan fingerprint density at radius 3 is 2.86 bits per heavy atom. The molecule has 0 aromatic carbocycles. The van der Waals surface area contributed by atoms with Crippen molar-refractivity contribution in [3.63, 3.8) is 0 Å². The zero-order valence-electron chi connectivity index (χ0n) is 7.15. The number of halogens is 2. The summed E-state index contributed by atoms with van der Waals surface area (Å²) in [6.45, 7) is 0. The van der Waals surface area contributed by atoms with Crippen LogP contribution in [0.4, 0.5) is 8.78 Å². The molecule has 1 aromatic heterocycles. The van der Waals surface area contributed by atoms with Crippen molar-refractivity contribution in [1.29, 1.82) is 0 Å². The fraction of sp³-hybridized carbons (Fsp3) is 0.500. The van der Waals surface area contributed by atoms with Crippen molar-refractivity contribution < 1.29 is 18.7 Å². The number of carbonyl (C=O) groups is 1. The lowest BCUT2D eigenvalue weighted by atomic mass is 10.4. The van der Waals surface area contributed by atoms with Crippen molar-refractivity contribution in [2.75, 3.05) is 5.75 Å². The van der Waals surface area contributed by atoms with Crippen LogP contribution in [-0.4, -0.2) is 37.5 Å². The molecular formula is C6H7F2N3O2S. The first-order valence-corrected chi connectivity index (χ1v) is 4.50. The Hall–Kier alpha value is -1.18. The van der Waals surface area contributed by atoms with E-state index in [-0.39, 0.29) is 5.16 Å². The summed E-state index contributed by atoms with van der Waals surface area (Å²) in [6, 6.07) is 0. The molecule has 0 bridgehead atoms. The molecule has 14 heavy (non-hydrogen) atoms. The van der Waals surface area contributed by atoms with Crippen LogP contribution in [-0.2, 0) is 11.8 Å². The molecule has 0 aliphatic carbocycles. The van der Waals surface area contributed by atoms with Crippen molar-refractivity contribution in [2.24, 2.45) is 7.05 Å². The molecule has 78 valence electrons.